The molecule has 0 radical (unpaired) electrons. The van der Waals surface area contributed by atoms with Crippen LogP contribution in [0.5, 0.6) is 0 Å². The third-order valence-electron chi connectivity index (χ3n) is 3.60. The van der Waals surface area contributed by atoms with Crippen molar-refractivity contribution in [2.24, 2.45) is 0 Å². The fourth-order valence-corrected chi connectivity index (χ4v) is 2.88. The van der Waals surface area contributed by atoms with Gasteiger partial charge in [-0.05, 0) is 35.1 Å². The Labute approximate surface area is 150 Å². The highest BCUT2D eigenvalue weighted by Gasteiger charge is 2.16. The fourth-order valence-electron chi connectivity index (χ4n) is 2.10. The first-order valence-electron chi connectivity index (χ1n) is 7.76. The van der Waals surface area contributed by atoms with Crippen LogP contribution >= 0.6 is 11.3 Å². The van der Waals surface area contributed by atoms with Crippen molar-refractivity contribution in [3.63, 3.8) is 0 Å². The van der Waals surface area contributed by atoms with E-state index in [-0.39, 0.29) is 12.5 Å². The molecular weight excluding hydrogens is 340 g/mol. The van der Waals surface area contributed by atoms with Gasteiger partial charge in [-0.25, -0.2) is 0 Å². The van der Waals surface area contributed by atoms with Gasteiger partial charge in [0.15, 0.2) is 0 Å². The standard InChI is InChI=1S/C18H20N2O4S/c1-11(2)12-4-6-13(7-5-12)16(22)20-18-14(8-9-25-18)17(23)19-10-15(21)24-3/h4-9,11H,10H2,1-3H3,(H,19,23)(H,20,22). The van der Waals surface area contributed by atoms with E-state index in [1.807, 2.05) is 12.1 Å². The maximum absolute atomic E-state index is 12.4. The van der Waals surface area contributed by atoms with Gasteiger partial charge in [0, 0.05) is 5.56 Å². The summed E-state index contributed by atoms with van der Waals surface area (Å²) in [4.78, 5) is 35.6. The molecule has 7 heteroatoms. The number of methoxy groups -OCH3 is 1. The first kappa shape index (κ1) is 18.7. The minimum absolute atomic E-state index is 0.227. The molecule has 6 nitrogen and oxygen atoms in total. The molecule has 2 rings (SSSR count). The molecule has 0 bridgehead atoms. The zero-order chi connectivity index (χ0) is 18.4. The van der Waals surface area contributed by atoms with Crippen molar-refractivity contribution in [2.75, 3.05) is 19.0 Å². The highest BCUT2D eigenvalue weighted by atomic mass is 32.1. The van der Waals surface area contributed by atoms with E-state index in [1.54, 1.807) is 23.6 Å². The predicted octanol–water partition coefficient (Wildman–Crippen LogP) is 3.03. The second kappa shape index (κ2) is 8.43. The summed E-state index contributed by atoms with van der Waals surface area (Å²) in [6.07, 6.45) is 0. The van der Waals surface area contributed by atoms with Gasteiger partial charge in [-0.3, -0.25) is 14.4 Å². The van der Waals surface area contributed by atoms with Crippen LogP contribution in [0.15, 0.2) is 35.7 Å². The van der Waals surface area contributed by atoms with Gasteiger partial charge in [-0.2, -0.15) is 0 Å². The number of thiophene rings is 1. The SMILES string of the molecule is COC(=O)CNC(=O)c1ccsc1NC(=O)c1ccc(C(C)C)cc1. The summed E-state index contributed by atoms with van der Waals surface area (Å²) in [5.74, 6) is -0.893. The van der Waals surface area contributed by atoms with Crippen molar-refractivity contribution in [3.8, 4) is 0 Å². The van der Waals surface area contributed by atoms with E-state index < -0.39 is 11.9 Å². The lowest BCUT2D eigenvalue weighted by molar-refractivity contribution is -0.139. The number of benzene rings is 1. The third kappa shape index (κ3) is 4.90. The van der Waals surface area contributed by atoms with Crippen LogP contribution in [-0.2, 0) is 9.53 Å². The first-order valence-corrected chi connectivity index (χ1v) is 8.64. The molecule has 0 aliphatic heterocycles. The molecule has 0 unspecified atom stereocenters. The number of hydrogen-bond donors (Lipinski definition) is 2. The number of carbonyl (C=O) groups excluding carboxylic acids is 3. The molecule has 1 aromatic heterocycles. The van der Waals surface area contributed by atoms with Gasteiger partial charge in [0.25, 0.3) is 11.8 Å². The zero-order valence-corrected chi connectivity index (χ0v) is 15.1. The van der Waals surface area contributed by atoms with Crippen LogP contribution in [0.3, 0.4) is 0 Å². The molecule has 0 saturated heterocycles. The average molecular weight is 360 g/mol. The van der Waals surface area contributed by atoms with Crippen molar-refractivity contribution in [1.29, 1.82) is 0 Å². The second-order valence-corrected chi connectivity index (χ2v) is 6.57. The number of nitrogens with one attached hydrogen (secondary N) is 2. The molecule has 2 N–H and O–H groups in total. The topological polar surface area (TPSA) is 84.5 Å². The molecule has 1 aromatic carbocycles. The van der Waals surface area contributed by atoms with Crippen LogP contribution in [0.2, 0.25) is 0 Å². The van der Waals surface area contributed by atoms with E-state index >= 15 is 0 Å². The Balaban J connectivity index is 2.05. The molecule has 1 heterocycles. The molecule has 132 valence electrons. The molecule has 0 atom stereocenters. The summed E-state index contributed by atoms with van der Waals surface area (Å²) in [7, 11) is 1.25. The number of esters is 1. The van der Waals surface area contributed by atoms with E-state index in [4.69, 9.17) is 0 Å². The minimum Gasteiger partial charge on any atom is -0.468 e. The van der Waals surface area contributed by atoms with Gasteiger partial charge in [0.05, 0.1) is 12.7 Å². The van der Waals surface area contributed by atoms with Crippen LogP contribution in [0.4, 0.5) is 5.00 Å². The summed E-state index contributed by atoms with van der Waals surface area (Å²) < 4.78 is 4.48. The number of anilines is 1. The fraction of sp³-hybridized carbons (Fsp3) is 0.278. The Morgan fingerprint density at radius 2 is 1.76 bits per heavy atom. The number of ether oxygens (including phenoxy) is 1. The molecule has 0 saturated carbocycles. The van der Waals surface area contributed by atoms with E-state index in [1.165, 1.54) is 18.4 Å². The van der Waals surface area contributed by atoms with E-state index in [0.29, 0.717) is 22.0 Å². The molecular formula is C18H20N2O4S. The van der Waals surface area contributed by atoms with Crippen LogP contribution in [0.1, 0.15) is 46.0 Å². The minimum atomic E-state index is -0.542. The van der Waals surface area contributed by atoms with Crippen molar-refractivity contribution in [2.45, 2.75) is 19.8 Å². The zero-order valence-electron chi connectivity index (χ0n) is 14.3. The van der Waals surface area contributed by atoms with E-state index in [0.717, 1.165) is 5.56 Å². The lowest BCUT2D eigenvalue weighted by atomic mass is 10.0. The summed E-state index contributed by atoms with van der Waals surface area (Å²) in [6.45, 7) is 3.94. The van der Waals surface area contributed by atoms with Gasteiger partial charge < -0.3 is 15.4 Å². The maximum atomic E-state index is 12.4. The highest BCUT2D eigenvalue weighted by Crippen LogP contribution is 2.24. The molecule has 2 aromatic rings. The van der Waals surface area contributed by atoms with Gasteiger partial charge in [-0.15, -0.1) is 11.3 Å². The molecule has 0 spiro atoms. The smallest absolute Gasteiger partial charge is 0.325 e. The summed E-state index contributed by atoms with van der Waals surface area (Å²) in [5, 5.41) is 7.32. The van der Waals surface area contributed by atoms with E-state index in [9.17, 15) is 14.4 Å². The Bertz CT molecular complexity index is 766. The van der Waals surface area contributed by atoms with Crippen molar-refractivity contribution >= 4 is 34.1 Å². The Morgan fingerprint density at radius 3 is 2.36 bits per heavy atom. The molecule has 25 heavy (non-hydrogen) atoms. The van der Waals surface area contributed by atoms with Crippen LogP contribution in [-0.4, -0.2) is 31.4 Å². The summed E-state index contributed by atoms with van der Waals surface area (Å²) >= 11 is 1.24. The number of rotatable bonds is 6. The summed E-state index contributed by atoms with van der Waals surface area (Å²) in [6, 6.07) is 8.94. The van der Waals surface area contributed by atoms with Gasteiger partial charge >= 0.3 is 5.97 Å². The normalized spacial score (nSPS) is 10.4. The van der Waals surface area contributed by atoms with Gasteiger partial charge in [0.1, 0.15) is 11.5 Å². The van der Waals surface area contributed by atoms with Crippen molar-refractivity contribution in [3.05, 3.63) is 52.4 Å². The van der Waals surface area contributed by atoms with Crippen molar-refractivity contribution < 1.29 is 19.1 Å². The third-order valence-corrected chi connectivity index (χ3v) is 4.43. The summed E-state index contributed by atoms with van der Waals surface area (Å²) in [5.41, 5.74) is 1.97. The monoisotopic (exact) mass is 360 g/mol. The number of amides is 2. The molecule has 0 aliphatic carbocycles. The Morgan fingerprint density at radius 1 is 1.08 bits per heavy atom. The van der Waals surface area contributed by atoms with Crippen LogP contribution in [0, 0.1) is 0 Å². The van der Waals surface area contributed by atoms with E-state index in [2.05, 4.69) is 29.2 Å². The van der Waals surface area contributed by atoms with Gasteiger partial charge in [-0.1, -0.05) is 26.0 Å². The maximum Gasteiger partial charge on any atom is 0.325 e. The number of hydrogen-bond acceptors (Lipinski definition) is 5. The quantitative estimate of drug-likeness (QED) is 0.776. The highest BCUT2D eigenvalue weighted by molar-refractivity contribution is 7.14. The molecule has 0 fully saturated rings. The molecule has 2 amide bonds. The molecule has 0 aliphatic rings. The van der Waals surface area contributed by atoms with Gasteiger partial charge in [0.2, 0.25) is 0 Å². The first-order chi connectivity index (χ1) is 11.9. The lowest BCUT2D eigenvalue weighted by Gasteiger charge is -2.09. The Hall–Kier alpha value is -2.67. The second-order valence-electron chi connectivity index (χ2n) is 5.65. The number of carbonyl (C=O) groups is 3. The Kier molecular flexibility index (Phi) is 6.30. The van der Waals surface area contributed by atoms with Crippen LogP contribution < -0.4 is 10.6 Å². The predicted molar refractivity (Wildman–Crippen MR) is 97.2 cm³/mol. The van der Waals surface area contributed by atoms with Crippen LogP contribution in [0.25, 0.3) is 0 Å². The lowest BCUT2D eigenvalue weighted by Crippen LogP contribution is -2.30. The largest absolute Gasteiger partial charge is 0.468 e. The average Bonchev–Trinajstić information content (AvgIpc) is 3.07. The van der Waals surface area contributed by atoms with Crippen molar-refractivity contribution in [1.82, 2.24) is 5.32 Å².